The lowest BCUT2D eigenvalue weighted by atomic mass is 10.1. The van der Waals surface area contributed by atoms with Gasteiger partial charge in [0.15, 0.2) is 5.69 Å². The molecule has 3 heterocycles. The molecule has 0 radical (unpaired) electrons. The van der Waals surface area contributed by atoms with Gasteiger partial charge < -0.3 is 10.2 Å². The number of amides is 1. The van der Waals surface area contributed by atoms with Gasteiger partial charge in [0.25, 0.3) is 5.91 Å². The number of carbonyl (C=O) groups is 1. The van der Waals surface area contributed by atoms with E-state index in [1.165, 1.54) is 0 Å². The Balaban J connectivity index is 1.44. The lowest BCUT2D eigenvalue weighted by Crippen LogP contribution is -2.30. The quantitative estimate of drug-likeness (QED) is 0.531. The van der Waals surface area contributed by atoms with Gasteiger partial charge in [-0.3, -0.25) is 15.0 Å². The van der Waals surface area contributed by atoms with Gasteiger partial charge in [-0.15, -0.1) is 5.10 Å². The van der Waals surface area contributed by atoms with Crippen molar-refractivity contribution >= 4 is 17.7 Å². The Kier molecular flexibility index (Phi) is 4.97. The highest BCUT2D eigenvalue weighted by Gasteiger charge is 2.23. The van der Waals surface area contributed by atoms with Crippen LogP contribution in [0.1, 0.15) is 34.0 Å². The van der Waals surface area contributed by atoms with Crippen molar-refractivity contribution in [2.75, 3.05) is 25.9 Å². The van der Waals surface area contributed by atoms with E-state index in [4.69, 9.17) is 0 Å². The number of aromatic amines is 2. The largest absolute Gasteiger partial charge is 0.351 e. The number of aromatic nitrogens is 5. The first-order valence-corrected chi connectivity index (χ1v) is 8.66. The molecule has 1 amide bonds. The van der Waals surface area contributed by atoms with E-state index in [-0.39, 0.29) is 5.91 Å². The molecule has 2 aromatic rings. The van der Waals surface area contributed by atoms with Crippen LogP contribution in [-0.4, -0.2) is 62.1 Å². The first-order chi connectivity index (χ1) is 11.1. The van der Waals surface area contributed by atoms with Crippen LogP contribution in [0.2, 0.25) is 0 Å². The maximum Gasteiger partial charge on any atom is 0.272 e. The van der Waals surface area contributed by atoms with Gasteiger partial charge in [-0.1, -0.05) is 11.8 Å². The minimum absolute atomic E-state index is 0.100. The van der Waals surface area contributed by atoms with Crippen molar-refractivity contribution in [3.8, 4) is 0 Å². The van der Waals surface area contributed by atoms with Crippen molar-refractivity contribution < 1.29 is 4.79 Å². The van der Waals surface area contributed by atoms with Gasteiger partial charge in [0.2, 0.25) is 5.16 Å². The topological polar surface area (TPSA) is 103 Å². The molecule has 0 saturated heterocycles. The second-order valence-corrected chi connectivity index (χ2v) is 6.74. The molecular weight excluding hydrogens is 314 g/mol. The summed E-state index contributed by atoms with van der Waals surface area (Å²) in [5.74, 6) is 1.57. The van der Waals surface area contributed by atoms with Crippen molar-refractivity contribution in [3.05, 3.63) is 22.8 Å². The lowest BCUT2D eigenvalue weighted by molar-refractivity contribution is 0.0946. The number of hydrogen-bond donors (Lipinski definition) is 3. The predicted molar refractivity (Wildman–Crippen MR) is 87.4 cm³/mol. The molecule has 1 aliphatic rings. The van der Waals surface area contributed by atoms with Gasteiger partial charge in [0, 0.05) is 43.1 Å². The normalized spacial score (nSPS) is 14.7. The van der Waals surface area contributed by atoms with Gasteiger partial charge in [-0.25, -0.2) is 4.98 Å². The minimum Gasteiger partial charge on any atom is -0.351 e. The van der Waals surface area contributed by atoms with E-state index in [2.05, 4.69) is 42.6 Å². The van der Waals surface area contributed by atoms with Gasteiger partial charge in [0.05, 0.1) is 0 Å². The van der Waals surface area contributed by atoms with Crippen LogP contribution in [0.15, 0.2) is 5.16 Å². The zero-order valence-electron chi connectivity index (χ0n) is 13.3. The van der Waals surface area contributed by atoms with Crippen LogP contribution in [0.5, 0.6) is 0 Å². The van der Waals surface area contributed by atoms with Crippen LogP contribution < -0.4 is 5.32 Å². The highest BCUT2D eigenvalue weighted by atomic mass is 32.2. The summed E-state index contributed by atoms with van der Waals surface area (Å²) >= 11 is 1.58. The van der Waals surface area contributed by atoms with E-state index in [1.807, 2.05) is 6.92 Å². The minimum atomic E-state index is -0.100. The SMILES string of the molecule is Cc1nc(SCCCNC(=O)c2n[nH]c3c2CN(C)CC3)n[nH]1. The van der Waals surface area contributed by atoms with Crippen LogP contribution in [0, 0.1) is 6.92 Å². The van der Waals surface area contributed by atoms with E-state index < -0.39 is 0 Å². The number of aryl methyl sites for hydroxylation is 1. The highest BCUT2D eigenvalue weighted by molar-refractivity contribution is 7.99. The van der Waals surface area contributed by atoms with Crippen molar-refractivity contribution in [2.24, 2.45) is 0 Å². The van der Waals surface area contributed by atoms with Gasteiger partial charge in [-0.05, 0) is 20.4 Å². The summed E-state index contributed by atoms with van der Waals surface area (Å²) in [6, 6.07) is 0. The molecule has 23 heavy (non-hydrogen) atoms. The molecule has 2 aromatic heterocycles. The highest BCUT2D eigenvalue weighted by Crippen LogP contribution is 2.19. The summed E-state index contributed by atoms with van der Waals surface area (Å²) in [7, 11) is 2.06. The lowest BCUT2D eigenvalue weighted by Gasteiger charge is -2.22. The maximum atomic E-state index is 12.3. The zero-order valence-corrected chi connectivity index (χ0v) is 14.2. The summed E-state index contributed by atoms with van der Waals surface area (Å²) in [6.07, 6.45) is 1.77. The number of hydrogen-bond acceptors (Lipinski definition) is 6. The molecule has 0 aliphatic carbocycles. The van der Waals surface area contributed by atoms with E-state index >= 15 is 0 Å². The molecule has 8 nitrogen and oxygen atoms in total. The van der Waals surface area contributed by atoms with Crippen LogP contribution in [-0.2, 0) is 13.0 Å². The molecule has 124 valence electrons. The standard InChI is InChI=1S/C14H21N7OS/c1-9-16-14(20-17-9)23-7-3-5-15-13(22)12-10-8-21(2)6-4-11(10)18-19-12/h3-8H2,1-2H3,(H,15,22)(H,18,19)(H,16,17,20). The number of nitrogens with zero attached hydrogens (tertiary/aromatic N) is 4. The molecule has 0 bridgehead atoms. The Morgan fingerprint density at radius 3 is 3.04 bits per heavy atom. The van der Waals surface area contributed by atoms with Gasteiger partial charge in [0.1, 0.15) is 5.82 Å². The Morgan fingerprint density at radius 2 is 2.26 bits per heavy atom. The third-order valence-electron chi connectivity index (χ3n) is 3.75. The Labute approximate surface area is 138 Å². The second kappa shape index (κ2) is 7.14. The van der Waals surface area contributed by atoms with Crippen LogP contribution in [0.25, 0.3) is 0 Å². The number of thioether (sulfide) groups is 1. The fourth-order valence-electron chi connectivity index (χ4n) is 2.53. The van der Waals surface area contributed by atoms with Crippen LogP contribution >= 0.6 is 11.8 Å². The number of likely N-dealkylation sites (N-methyl/N-ethyl adjacent to an activating group) is 1. The summed E-state index contributed by atoms with van der Waals surface area (Å²) in [4.78, 5) is 18.7. The molecule has 9 heteroatoms. The zero-order chi connectivity index (χ0) is 16.2. The van der Waals surface area contributed by atoms with Crippen molar-refractivity contribution in [1.29, 1.82) is 0 Å². The second-order valence-electron chi connectivity index (χ2n) is 5.68. The molecule has 0 spiro atoms. The van der Waals surface area contributed by atoms with Crippen molar-refractivity contribution in [2.45, 2.75) is 31.5 Å². The number of fused-ring (bicyclic) bond motifs is 1. The third-order valence-corrected chi connectivity index (χ3v) is 4.69. The molecule has 3 N–H and O–H groups in total. The predicted octanol–water partition coefficient (Wildman–Crippen LogP) is 0.736. The third kappa shape index (κ3) is 3.91. The maximum absolute atomic E-state index is 12.3. The van der Waals surface area contributed by atoms with E-state index in [0.29, 0.717) is 12.2 Å². The van der Waals surface area contributed by atoms with Gasteiger partial charge >= 0.3 is 0 Å². The summed E-state index contributed by atoms with van der Waals surface area (Å²) in [5.41, 5.74) is 2.65. The first-order valence-electron chi connectivity index (χ1n) is 7.68. The first kappa shape index (κ1) is 16.0. The van der Waals surface area contributed by atoms with Gasteiger partial charge in [-0.2, -0.15) is 5.10 Å². The molecule has 0 atom stereocenters. The average Bonchev–Trinajstić information content (AvgIpc) is 3.12. The van der Waals surface area contributed by atoms with Crippen LogP contribution in [0.3, 0.4) is 0 Å². The molecule has 0 fully saturated rings. The number of H-pyrrole nitrogens is 2. The summed E-state index contributed by atoms with van der Waals surface area (Å²) < 4.78 is 0. The summed E-state index contributed by atoms with van der Waals surface area (Å²) in [5, 5.41) is 17.7. The summed E-state index contributed by atoms with van der Waals surface area (Å²) in [6.45, 7) is 4.26. The molecule has 0 aromatic carbocycles. The molecule has 3 rings (SSSR count). The Bertz CT molecular complexity index is 680. The van der Waals surface area contributed by atoms with Crippen LogP contribution in [0.4, 0.5) is 0 Å². The molecule has 0 saturated carbocycles. The monoisotopic (exact) mass is 335 g/mol. The number of rotatable bonds is 6. The molecular formula is C14H21N7OS. The number of carbonyl (C=O) groups excluding carboxylic acids is 1. The van der Waals surface area contributed by atoms with Crippen molar-refractivity contribution in [1.82, 2.24) is 35.6 Å². The van der Waals surface area contributed by atoms with Crippen molar-refractivity contribution in [3.63, 3.8) is 0 Å². The van der Waals surface area contributed by atoms with E-state index in [1.54, 1.807) is 11.8 Å². The van der Waals surface area contributed by atoms with E-state index in [0.717, 1.165) is 53.9 Å². The smallest absolute Gasteiger partial charge is 0.272 e. The Hall–Kier alpha value is -1.87. The fourth-order valence-corrected chi connectivity index (χ4v) is 3.31. The Morgan fingerprint density at radius 1 is 1.39 bits per heavy atom. The fraction of sp³-hybridized carbons (Fsp3) is 0.571. The number of nitrogens with one attached hydrogen (secondary N) is 3. The average molecular weight is 335 g/mol. The molecule has 0 unspecified atom stereocenters. The van der Waals surface area contributed by atoms with E-state index in [9.17, 15) is 4.79 Å². The molecule has 1 aliphatic heterocycles.